The van der Waals surface area contributed by atoms with Crippen molar-refractivity contribution in [1.82, 2.24) is 55.0 Å². The van der Waals surface area contributed by atoms with Gasteiger partial charge in [0.1, 0.15) is 138 Å². The number of nitrogen functional groups attached to an aromatic ring is 1. The fourth-order valence-corrected chi connectivity index (χ4v) is 15.7. The summed E-state index contributed by atoms with van der Waals surface area (Å²) in [5.41, 5.74) is 8.07. The van der Waals surface area contributed by atoms with Crippen molar-refractivity contribution in [3.05, 3.63) is 170 Å². The molecule has 25 N–H and O–H groups in total. The number of allylic oxidation sites excluding steroid dienone is 1. The van der Waals surface area contributed by atoms with Crippen LogP contribution < -0.4 is 44.6 Å². The molecule has 1 aromatic heterocycles. The molecular formula is C83H112Cl2F13N19O25. The number of carbonyl (C=O) groups excluding carboxylic acids is 3. The molecule has 14 heterocycles. The number of aromatic nitrogens is 2. The van der Waals surface area contributed by atoms with Crippen LogP contribution in [0.4, 0.5) is 62.9 Å². The Kier molecular flexibility index (Phi) is 39.6. The molecular weight excluding hydrogens is 1980 g/mol. The van der Waals surface area contributed by atoms with Crippen LogP contribution in [-0.2, 0) is 47.5 Å². The molecule has 794 valence electrons. The van der Waals surface area contributed by atoms with Crippen LogP contribution in [0.2, 0.25) is 0 Å². The Labute approximate surface area is 810 Å². The molecule has 7 fully saturated rings. The van der Waals surface area contributed by atoms with Gasteiger partial charge in [-0.25, -0.2) is 73.1 Å². The standard InChI is InChI=1S/C15H24FN3O3.C15H22FN3O3.C11H13ClF2N2O4.C11H13F3N2O4.C11H14F2N2O4.C10H14ClFN4O3.C10H12F3N3O4/c2*1-9(2)4-6-15(8-20)13(21)12(16)14(22-15)19-7-5-11(17)18-10(19)3;2*1-5-15-9(19)6(13)2-16(5)10-7(14)8(18)11(3-12,4-17)20-10;1-6-14-7(17)2-3-15(6)10-8(13)9(18)11(4-12,5-16)19-10;1-5-15-6(13)2-14-16(5)9-7(12)8(18)10(3-11,4-17)19-9;11-2-10(3-17)6(18)5(13)8(20-10)16-1-4(12)7(14)15-9(16)19/h5,7,9,12-14,20-21H,3-4,6,8H2,1-2H3,(H2,17,18);4-7,9,12-14,20-21H,3,8H2,1-2H3,(H2,17,18);2*2,7-8,10,17-18H,1,3-4H2,(H,15,19);2-3,8-10,16,18H,1,4-5H2,(H,14,17);2,7-9,17-18H,1,3-4H2,(H2,13,15);1,5-6,8,17-18H,2-3H2,(H2,14,15,19)/b;6-4+;;;;;/t2*12-,13+,14-,15-;2*7-,8+,10-,11-;8-,9+,10-,11-;7-,8+,9-,10-;5-,6+,8-,10-/m1111111/s1. The molecule has 13 aliphatic heterocycles. The van der Waals surface area contributed by atoms with Crippen LogP contribution in [0.3, 0.4) is 0 Å². The normalized spacial score (nSPS) is 36.8. The van der Waals surface area contributed by atoms with Gasteiger partial charge in [-0.05, 0) is 36.8 Å². The van der Waals surface area contributed by atoms with E-state index in [0.29, 0.717) is 41.9 Å². The number of rotatable bonds is 24. The maximum atomic E-state index is 14.6. The van der Waals surface area contributed by atoms with E-state index in [1.807, 2.05) is 33.0 Å². The second-order valence-corrected chi connectivity index (χ2v) is 34.8. The van der Waals surface area contributed by atoms with Gasteiger partial charge in [-0.3, -0.25) is 19.0 Å². The van der Waals surface area contributed by atoms with Crippen LogP contribution in [0, 0.1) is 17.7 Å². The Morgan fingerprint density at radius 1 is 0.451 bits per heavy atom. The summed E-state index contributed by atoms with van der Waals surface area (Å²) >= 11 is 11.3. The number of hydrazone groups is 1. The van der Waals surface area contributed by atoms with E-state index in [9.17, 15) is 132 Å². The van der Waals surface area contributed by atoms with E-state index in [-0.39, 0.29) is 70.1 Å². The second-order valence-electron chi connectivity index (χ2n) is 34.2. The molecule has 0 spiro atoms. The van der Waals surface area contributed by atoms with Crippen molar-refractivity contribution in [2.75, 3.05) is 83.8 Å². The van der Waals surface area contributed by atoms with Crippen molar-refractivity contribution in [2.24, 2.45) is 49.1 Å². The van der Waals surface area contributed by atoms with Crippen LogP contribution >= 0.6 is 23.2 Å². The van der Waals surface area contributed by atoms with Gasteiger partial charge in [-0.1, -0.05) is 79.3 Å². The minimum Gasteiger partial charge on any atom is -0.393 e. The van der Waals surface area contributed by atoms with Crippen LogP contribution in [0.15, 0.2) is 179 Å². The first-order chi connectivity index (χ1) is 66.6. The molecule has 0 aliphatic carbocycles. The number of aliphatic hydroxyl groups excluding tert-OH is 14. The number of alkyl halides is 12. The van der Waals surface area contributed by atoms with Crippen molar-refractivity contribution in [3.63, 3.8) is 0 Å². The summed E-state index contributed by atoms with van der Waals surface area (Å²) in [5.74, 6) is -5.86. The van der Waals surface area contributed by atoms with Gasteiger partial charge in [0.25, 0.3) is 17.7 Å². The molecule has 7 saturated heterocycles. The molecule has 1 aromatic rings. The average molecular weight is 2090 g/mol. The first kappa shape index (κ1) is 117. The third-order valence-corrected chi connectivity index (χ3v) is 24.6. The Hall–Kier alpha value is -10.3. The number of nitrogens with one attached hydrogen (secondary N) is 3. The number of nitrogens with two attached hydrogens (primary N) is 4. The Balaban J connectivity index is 0.000000203. The summed E-state index contributed by atoms with van der Waals surface area (Å²) in [6.07, 6.45) is -19.5. The highest BCUT2D eigenvalue weighted by Crippen LogP contribution is 2.46. The van der Waals surface area contributed by atoms with Crippen LogP contribution in [-0.4, -0.2) is 393 Å². The Bertz CT molecular complexity index is 5020. The molecule has 0 saturated carbocycles. The lowest BCUT2D eigenvalue weighted by Crippen LogP contribution is -2.47. The number of carbonyl (C=O) groups is 3. The number of aliphatic imine (C=N–C) groups is 3. The van der Waals surface area contributed by atoms with Crippen LogP contribution in [0.1, 0.15) is 46.8 Å². The maximum Gasteiger partial charge on any atom is 0.351 e. The third-order valence-electron chi connectivity index (χ3n) is 23.7. The second kappa shape index (κ2) is 48.1. The smallest absolute Gasteiger partial charge is 0.351 e. The number of hydrogen-bond acceptors (Lipinski definition) is 40. The van der Waals surface area contributed by atoms with Crippen LogP contribution in [0.5, 0.6) is 0 Å². The molecule has 14 rings (SSSR count). The predicted molar refractivity (Wildman–Crippen MR) is 474 cm³/mol. The summed E-state index contributed by atoms with van der Waals surface area (Å²) in [7, 11) is 0. The molecule has 0 radical (unpaired) electrons. The van der Waals surface area contributed by atoms with Crippen molar-refractivity contribution in [3.8, 4) is 0 Å². The molecule has 44 nitrogen and oxygen atoms in total. The topological polar surface area (TPSA) is 643 Å². The number of nitrogens with zero attached hydrogens (tertiary/aromatic N) is 12. The minimum absolute atomic E-state index is 0.0416. The van der Waals surface area contributed by atoms with Gasteiger partial charge >= 0.3 is 5.69 Å². The van der Waals surface area contributed by atoms with E-state index in [2.05, 4.69) is 75.2 Å². The number of amides is 3. The minimum atomic E-state index is -2.25. The number of anilines is 1. The molecule has 28 atom stereocenters. The monoisotopic (exact) mass is 2090 g/mol. The lowest BCUT2D eigenvalue weighted by atomic mass is 9.89. The molecule has 0 unspecified atom stereocenters. The first-order valence-corrected chi connectivity index (χ1v) is 43.6. The van der Waals surface area contributed by atoms with Gasteiger partial charge < -0.3 is 168 Å². The zero-order valence-electron chi connectivity index (χ0n) is 75.9. The van der Waals surface area contributed by atoms with E-state index in [0.717, 1.165) is 25.8 Å². The average Bonchev–Trinajstić information content (AvgIpc) is 1.64. The summed E-state index contributed by atoms with van der Waals surface area (Å²) in [4.78, 5) is 65.1. The van der Waals surface area contributed by atoms with E-state index < -0.39 is 282 Å². The van der Waals surface area contributed by atoms with Gasteiger partial charge in [0.05, 0.1) is 70.4 Å². The number of halogens is 15. The third kappa shape index (κ3) is 24.1. The zero-order valence-corrected chi connectivity index (χ0v) is 77.5. The van der Waals surface area contributed by atoms with Gasteiger partial charge in [0.2, 0.25) is 11.7 Å². The van der Waals surface area contributed by atoms with E-state index in [1.54, 1.807) is 6.08 Å². The van der Waals surface area contributed by atoms with Crippen molar-refractivity contribution < 1.29 is 176 Å². The molecule has 59 heteroatoms. The molecule has 0 aromatic carbocycles. The van der Waals surface area contributed by atoms with Gasteiger partial charge in [0.15, 0.2) is 115 Å². The maximum absolute atomic E-state index is 14.6. The molecule has 142 heavy (non-hydrogen) atoms. The molecule has 3 amide bonds. The Morgan fingerprint density at radius 3 is 1.17 bits per heavy atom. The lowest BCUT2D eigenvalue weighted by molar-refractivity contribution is -0.145. The van der Waals surface area contributed by atoms with E-state index in [4.69, 9.17) is 94.6 Å². The fraction of sp³-hybridized carbons (Fsp3) is 0.578. The summed E-state index contributed by atoms with van der Waals surface area (Å²) in [6, 6.07) is 0. The van der Waals surface area contributed by atoms with Crippen molar-refractivity contribution in [2.45, 2.75) is 209 Å². The summed E-state index contributed by atoms with van der Waals surface area (Å²) in [6.45, 7) is 20.1. The van der Waals surface area contributed by atoms with Gasteiger partial charge in [-0.2, -0.15) is 18.9 Å². The Morgan fingerprint density at radius 2 is 0.796 bits per heavy atom. The van der Waals surface area contributed by atoms with Gasteiger partial charge in [-0.15, -0.1) is 23.2 Å². The van der Waals surface area contributed by atoms with E-state index in [1.165, 1.54) is 52.8 Å². The SMILES string of the molecule is C=C1N=C(N)C=CN1[C@@H]1O[C@@](CO)(CCC(C)C)[C@@H](O)[C@H]1F.C=C1N=C(N)C=CN1[C@@H]1O[C@](/C=C/C(C)C)(CO)[C@@H](O)[C@H]1F.C=C1N=C(N)C=NN1[C@@H]1O[C@@](CO)(CCl)[C@@H](O)[C@H]1F.C=C1NC(=O)C(F)=CN1[C@@H]1O[C@@](CO)(CCl)[C@@H](O)[C@H]1F.C=C1NC(=O)C(F)=CN1[C@@H]1O[C@@](CO)(CF)[C@@H](O)[C@H]1F.C=C1NC(=O)C=CN1[C@@H]1O[C@@](CO)(CF)[C@@H](O)[C@H]1F.Nc1nc(=O)n([C@@H]2O[C@@](CO)(CF)[C@@H](O)[C@H]2F)cc1F. The molecule has 0 bridgehead atoms. The van der Waals surface area contributed by atoms with Crippen molar-refractivity contribution >= 4 is 70.5 Å². The summed E-state index contributed by atoms with van der Waals surface area (Å²) in [5, 5.41) is 145. The zero-order chi connectivity index (χ0) is 107. The quantitative estimate of drug-likeness (QED) is 0.0299. The van der Waals surface area contributed by atoms with Crippen LogP contribution in [0.25, 0.3) is 0 Å². The fourth-order valence-electron chi connectivity index (χ4n) is 15.1. The van der Waals surface area contributed by atoms with Crippen molar-refractivity contribution in [1.29, 1.82) is 0 Å². The highest BCUT2D eigenvalue weighted by Gasteiger charge is 2.64. The van der Waals surface area contributed by atoms with E-state index >= 15 is 0 Å². The lowest BCUT2D eigenvalue weighted by Gasteiger charge is -2.33. The molecule has 13 aliphatic rings. The van der Waals surface area contributed by atoms with Gasteiger partial charge in [0, 0.05) is 37.1 Å². The largest absolute Gasteiger partial charge is 0.393 e. The first-order valence-electron chi connectivity index (χ1n) is 42.5. The predicted octanol–water partition coefficient (Wildman–Crippen LogP) is -2.12. The number of ether oxygens (including phenoxy) is 7. The highest BCUT2D eigenvalue weighted by atomic mass is 35.5. The number of aliphatic hydroxyl groups is 14. The highest BCUT2D eigenvalue weighted by molar-refractivity contribution is 6.29. The number of hydrogen-bond donors (Lipinski definition) is 21. The number of amidine groups is 3. The summed E-state index contributed by atoms with van der Waals surface area (Å²) < 4.78 is 215.